The van der Waals surface area contributed by atoms with Crippen molar-refractivity contribution in [3.05, 3.63) is 47.9 Å². The van der Waals surface area contributed by atoms with Gasteiger partial charge in [-0.15, -0.1) is 0 Å². The van der Waals surface area contributed by atoms with E-state index in [4.69, 9.17) is 4.42 Å². The van der Waals surface area contributed by atoms with E-state index in [-0.39, 0.29) is 17.3 Å². The van der Waals surface area contributed by atoms with Crippen molar-refractivity contribution in [1.29, 1.82) is 0 Å². The molecule has 0 unspecified atom stereocenters. The summed E-state index contributed by atoms with van der Waals surface area (Å²) in [5.41, 5.74) is -0.767. The van der Waals surface area contributed by atoms with Gasteiger partial charge in [0.25, 0.3) is 0 Å². The monoisotopic (exact) mass is 381 g/mol. The van der Waals surface area contributed by atoms with Crippen LogP contribution < -0.4 is 10.2 Å². The van der Waals surface area contributed by atoms with Crippen LogP contribution in [-0.2, 0) is 17.5 Å². The minimum atomic E-state index is -4.44. The Morgan fingerprint density at radius 2 is 2.12 bits per heavy atom. The predicted octanol–water partition coefficient (Wildman–Crippen LogP) is 3.66. The van der Waals surface area contributed by atoms with Crippen molar-refractivity contribution < 1.29 is 22.4 Å². The van der Waals surface area contributed by atoms with Gasteiger partial charge in [-0.05, 0) is 24.3 Å². The molecule has 2 aromatic heterocycles. The van der Waals surface area contributed by atoms with Crippen LogP contribution in [0.4, 0.5) is 18.3 Å². The van der Waals surface area contributed by atoms with E-state index in [1.165, 1.54) is 23.7 Å². The third-order valence-corrected chi connectivity index (χ3v) is 5.33. The zero-order chi connectivity index (χ0) is 18.3. The van der Waals surface area contributed by atoms with Crippen LogP contribution in [0, 0.1) is 5.92 Å². The van der Waals surface area contributed by atoms with Gasteiger partial charge in [-0.2, -0.15) is 13.2 Å². The lowest BCUT2D eigenvalue weighted by Gasteiger charge is -2.37. The molecule has 3 aromatic rings. The Kier molecular flexibility index (Phi) is 4.10. The number of halogens is 3. The first-order valence-corrected chi connectivity index (χ1v) is 8.75. The largest absolute Gasteiger partial charge is 0.467 e. The van der Waals surface area contributed by atoms with Crippen LogP contribution in [0.15, 0.2) is 41.0 Å². The van der Waals surface area contributed by atoms with E-state index in [2.05, 4.69) is 10.3 Å². The van der Waals surface area contributed by atoms with Crippen molar-refractivity contribution in [2.45, 2.75) is 12.7 Å². The van der Waals surface area contributed by atoms with E-state index >= 15 is 0 Å². The molecule has 1 amide bonds. The normalized spacial score (nSPS) is 15.3. The van der Waals surface area contributed by atoms with Gasteiger partial charge in [0, 0.05) is 13.1 Å². The fraction of sp³-hybridized carbons (Fsp3) is 0.294. The molecular weight excluding hydrogens is 367 g/mol. The summed E-state index contributed by atoms with van der Waals surface area (Å²) in [5.74, 6) is 0.356. The molecule has 0 radical (unpaired) electrons. The van der Waals surface area contributed by atoms with Gasteiger partial charge >= 0.3 is 6.18 Å². The second-order valence-corrected chi connectivity index (χ2v) is 7.05. The number of carbonyl (C=O) groups is 1. The van der Waals surface area contributed by atoms with Gasteiger partial charge in [0.2, 0.25) is 5.91 Å². The van der Waals surface area contributed by atoms with Crippen LogP contribution in [0.1, 0.15) is 11.3 Å². The minimum Gasteiger partial charge on any atom is -0.467 e. The van der Waals surface area contributed by atoms with E-state index in [0.717, 1.165) is 6.07 Å². The van der Waals surface area contributed by atoms with Gasteiger partial charge in [-0.1, -0.05) is 17.4 Å². The summed E-state index contributed by atoms with van der Waals surface area (Å²) < 4.78 is 44.9. The number of alkyl halides is 3. The molecule has 1 aliphatic rings. The Bertz CT molecular complexity index is 931. The second kappa shape index (κ2) is 6.31. The van der Waals surface area contributed by atoms with Crippen LogP contribution in [0.25, 0.3) is 10.2 Å². The minimum absolute atomic E-state index is 0.0364. The molecule has 1 aromatic carbocycles. The van der Waals surface area contributed by atoms with Gasteiger partial charge in [-0.3, -0.25) is 4.79 Å². The van der Waals surface area contributed by atoms with E-state index in [1.807, 2.05) is 4.90 Å². The van der Waals surface area contributed by atoms with Crippen molar-refractivity contribution in [1.82, 2.24) is 10.3 Å². The Balaban J connectivity index is 1.42. The molecule has 0 spiro atoms. The molecule has 0 aliphatic carbocycles. The maximum atomic E-state index is 13.1. The average Bonchev–Trinajstić information content (AvgIpc) is 3.19. The Morgan fingerprint density at radius 1 is 1.31 bits per heavy atom. The molecule has 4 rings (SSSR count). The number of hydrogen-bond acceptors (Lipinski definition) is 5. The van der Waals surface area contributed by atoms with Gasteiger partial charge < -0.3 is 14.6 Å². The smallest absolute Gasteiger partial charge is 0.418 e. The zero-order valence-electron chi connectivity index (χ0n) is 13.4. The van der Waals surface area contributed by atoms with Crippen LogP contribution >= 0.6 is 11.3 Å². The molecule has 1 fully saturated rings. The van der Waals surface area contributed by atoms with Crippen LogP contribution in [0.5, 0.6) is 0 Å². The SMILES string of the molecule is O=C(NCc1ccco1)C1CN(c2nc3c(C(F)(F)F)cccc3s2)C1. The van der Waals surface area contributed by atoms with Crippen LogP contribution in [-0.4, -0.2) is 24.0 Å². The third-order valence-electron chi connectivity index (χ3n) is 4.25. The lowest BCUT2D eigenvalue weighted by molar-refractivity contribution is -0.136. The second-order valence-electron chi connectivity index (χ2n) is 6.05. The fourth-order valence-corrected chi connectivity index (χ4v) is 3.84. The van der Waals surface area contributed by atoms with Crippen molar-refractivity contribution in [3.8, 4) is 0 Å². The molecule has 1 aliphatic heterocycles. The summed E-state index contributed by atoms with van der Waals surface area (Å²) in [6, 6.07) is 7.56. The number of para-hydroxylation sites is 1. The predicted molar refractivity (Wildman–Crippen MR) is 90.9 cm³/mol. The standard InChI is InChI=1S/C17H14F3N3O2S/c18-17(19,20)12-4-1-5-13-14(12)22-16(26-13)23-8-10(9-23)15(24)21-7-11-3-2-6-25-11/h1-6,10H,7-9H2,(H,21,24). The number of benzene rings is 1. The van der Waals surface area contributed by atoms with Crippen LogP contribution in [0.3, 0.4) is 0 Å². The maximum absolute atomic E-state index is 13.1. The van der Waals surface area contributed by atoms with Gasteiger partial charge in [0.15, 0.2) is 5.13 Å². The molecule has 9 heteroatoms. The molecule has 136 valence electrons. The summed E-state index contributed by atoms with van der Waals surface area (Å²) in [6.07, 6.45) is -2.90. The van der Waals surface area contributed by atoms with Gasteiger partial charge in [0.05, 0.1) is 34.5 Å². The number of nitrogens with zero attached hydrogens (tertiary/aromatic N) is 2. The first-order valence-electron chi connectivity index (χ1n) is 7.93. The molecule has 1 N–H and O–H groups in total. The molecule has 0 bridgehead atoms. The molecular formula is C17H14F3N3O2S. The Labute approximate surface area is 150 Å². The zero-order valence-corrected chi connectivity index (χ0v) is 14.2. The highest BCUT2D eigenvalue weighted by Crippen LogP contribution is 2.39. The highest BCUT2D eigenvalue weighted by Gasteiger charge is 2.37. The number of fused-ring (bicyclic) bond motifs is 1. The molecule has 3 heterocycles. The van der Waals surface area contributed by atoms with Crippen molar-refractivity contribution in [2.24, 2.45) is 5.92 Å². The number of thiazole rings is 1. The van der Waals surface area contributed by atoms with Gasteiger partial charge in [0.1, 0.15) is 5.76 Å². The quantitative estimate of drug-likeness (QED) is 0.749. The van der Waals surface area contributed by atoms with Crippen molar-refractivity contribution in [2.75, 3.05) is 18.0 Å². The summed E-state index contributed by atoms with van der Waals surface area (Å²) in [7, 11) is 0. The van der Waals surface area contributed by atoms with Gasteiger partial charge in [-0.25, -0.2) is 4.98 Å². The van der Waals surface area contributed by atoms with E-state index in [1.54, 1.807) is 18.2 Å². The number of anilines is 1. The molecule has 26 heavy (non-hydrogen) atoms. The van der Waals surface area contributed by atoms with Crippen molar-refractivity contribution in [3.63, 3.8) is 0 Å². The summed E-state index contributed by atoms with van der Waals surface area (Å²) in [5, 5.41) is 3.30. The highest BCUT2D eigenvalue weighted by atomic mass is 32.1. The number of rotatable bonds is 4. The van der Waals surface area contributed by atoms with E-state index < -0.39 is 11.7 Å². The number of carbonyl (C=O) groups excluding carboxylic acids is 1. The molecule has 0 saturated carbocycles. The van der Waals surface area contributed by atoms with E-state index in [0.29, 0.717) is 35.2 Å². The summed E-state index contributed by atoms with van der Waals surface area (Å²) in [6.45, 7) is 1.19. The lowest BCUT2D eigenvalue weighted by atomic mass is 10.00. The van der Waals surface area contributed by atoms with Crippen molar-refractivity contribution >= 4 is 32.6 Å². The topological polar surface area (TPSA) is 58.4 Å². The van der Waals surface area contributed by atoms with Crippen LogP contribution in [0.2, 0.25) is 0 Å². The molecule has 0 atom stereocenters. The summed E-state index contributed by atoms with van der Waals surface area (Å²) in [4.78, 5) is 18.1. The fourth-order valence-electron chi connectivity index (χ4n) is 2.83. The Hall–Kier alpha value is -2.55. The van der Waals surface area contributed by atoms with E-state index in [9.17, 15) is 18.0 Å². The number of nitrogens with one attached hydrogen (secondary N) is 1. The first kappa shape index (κ1) is 16.9. The lowest BCUT2D eigenvalue weighted by Crippen LogP contribution is -2.53. The number of furan rings is 1. The maximum Gasteiger partial charge on any atom is 0.418 e. The average molecular weight is 381 g/mol. The number of aromatic nitrogens is 1. The Morgan fingerprint density at radius 3 is 2.81 bits per heavy atom. The number of amides is 1. The molecule has 5 nitrogen and oxygen atoms in total. The summed E-state index contributed by atoms with van der Waals surface area (Å²) >= 11 is 1.20. The number of hydrogen-bond donors (Lipinski definition) is 1. The molecule has 1 saturated heterocycles. The highest BCUT2D eigenvalue weighted by molar-refractivity contribution is 7.22. The third kappa shape index (κ3) is 3.14. The first-order chi connectivity index (χ1) is 12.4.